The molecule has 17 rings (SSSR count). The van der Waals surface area contributed by atoms with E-state index in [-0.39, 0.29) is 0 Å². The first-order valence-corrected chi connectivity index (χ1v) is 31.2. The third kappa shape index (κ3) is 8.86. The van der Waals surface area contributed by atoms with Crippen LogP contribution in [0.1, 0.15) is 0 Å². The predicted octanol–water partition coefficient (Wildman–Crippen LogP) is 23.3. The van der Waals surface area contributed by atoms with Crippen LogP contribution in [0.15, 0.2) is 312 Å². The van der Waals surface area contributed by atoms with Crippen LogP contribution >= 0.6 is 31.9 Å². The first-order chi connectivity index (χ1) is 43.4. The van der Waals surface area contributed by atoms with E-state index in [0.29, 0.717) is 5.82 Å². The molecule has 0 aliphatic carbocycles. The van der Waals surface area contributed by atoms with Gasteiger partial charge >= 0.3 is 0 Å². The van der Waals surface area contributed by atoms with Gasteiger partial charge in [0.1, 0.15) is 0 Å². The van der Waals surface area contributed by atoms with Gasteiger partial charge in [0.15, 0.2) is 5.82 Å². The summed E-state index contributed by atoms with van der Waals surface area (Å²) in [5.74, 6) is 0.664. The highest BCUT2D eigenvalue weighted by molar-refractivity contribution is 9.10. The summed E-state index contributed by atoms with van der Waals surface area (Å²) in [4.78, 5) is 10.1. The van der Waals surface area contributed by atoms with Crippen molar-refractivity contribution in [2.45, 2.75) is 0 Å². The fourth-order valence-corrected chi connectivity index (χ4v) is 14.5. The van der Waals surface area contributed by atoms with E-state index in [1.807, 2.05) is 6.20 Å². The van der Waals surface area contributed by atoms with Crippen LogP contribution in [0.4, 0.5) is 0 Å². The lowest BCUT2D eigenvalue weighted by atomic mass is 9.96. The standard InChI is InChI=1S/C82H50Br2N4/c83-64-43-62(51-14-3-1-4-15-51)42-63(44-64)55-32-30-54(31-33-55)59-36-39-70-69-22-11-12-25-77(69)87(78(70)48-59)66-19-13-16-56(45-66)58-34-35-61-50-85-82(86-76(61)47-58)73-40-37-57(46-75(73)84)52-26-28-53(29-27-52)60-38-41-74-79(49-60)88(65-17-5-2-6-18-65)81-72-24-10-8-21-68(72)67-20-7-9-23-71(67)80(74)81/h1-50H. The number of hydrogen-bond donors (Lipinski definition) is 0. The molecule has 6 heteroatoms. The molecule has 0 aliphatic rings. The van der Waals surface area contributed by atoms with Crippen LogP contribution in [0.2, 0.25) is 0 Å². The molecular weight excluding hydrogens is 1200 g/mol. The molecule has 88 heavy (non-hydrogen) atoms. The molecule has 0 saturated carbocycles. The number of para-hydroxylation sites is 2. The fraction of sp³-hybridized carbons (Fsp3) is 0. The second-order valence-corrected chi connectivity index (χ2v) is 24.5. The van der Waals surface area contributed by atoms with E-state index >= 15 is 0 Å². The van der Waals surface area contributed by atoms with Gasteiger partial charge in [0.2, 0.25) is 0 Å². The van der Waals surface area contributed by atoms with Crippen molar-refractivity contribution in [2.24, 2.45) is 0 Å². The highest BCUT2D eigenvalue weighted by Crippen LogP contribution is 2.45. The van der Waals surface area contributed by atoms with Crippen LogP contribution in [-0.2, 0) is 0 Å². The van der Waals surface area contributed by atoms with Crippen LogP contribution in [0, 0.1) is 0 Å². The van der Waals surface area contributed by atoms with Gasteiger partial charge in [-0.1, -0.05) is 250 Å². The van der Waals surface area contributed by atoms with Gasteiger partial charge in [-0.2, -0.15) is 0 Å². The van der Waals surface area contributed by atoms with Gasteiger partial charge in [-0.05, 0) is 162 Å². The Kier molecular flexibility index (Phi) is 12.5. The summed E-state index contributed by atoms with van der Waals surface area (Å²) < 4.78 is 6.86. The minimum atomic E-state index is 0.664. The smallest absolute Gasteiger partial charge is 0.160 e. The topological polar surface area (TPSA) is 35.6 Å². The molecule has 0 N–H and O–H groups in total. The molecule has 0 amide bonds. The SMILES string of the molecule is Brc1cc(-c2ccccc2)cc(-c2ccc(-c3ccc4c5ccccc5n(-c5cccc(-c6ccc7cnc(-c8ccc(-c9ccc(-c%10ccc%11c%12c%13ccccc%13c%13ccccc%13c%12n(-c%12ccccc%12)c%11c%10)cc9)cc8Br)nc7c6)c5)c4c3)cc2)c1. The summed E-state index contributed by atoms with van der Waals surface area (Å²) in [6, 6.07) is 108. The van der Waals surface area contributed by atoms with E-state index in [1.54, 1.807) is 0 Å². The molecule has 0 bridgehead atoms. The molecule has 0 fully saturated rings. The van der Waals surface area contributed by atoms with Crippen LogP contribution in [0.5, 0.6) is 0 Å². The van der Waals surface area contributed by atoms with Crippen molar-refractivity contribution in [3.8, 4) is 89.5 Å². The van der Waals surface area contributed by atoms with E-state index < -0.39 is 0 Å². The maximum absolute atomic E-state index is 5.22. The van der Waals surface area contributed by atoms with Gasteiger partial charge in [-0.15, -0.1) is 0 Å². The van der Waals surface area contributed by atoms with E-state index in [1.165, 1.54) is 87.5 Å². The Labute approximate surface area is 525 Å². The average Bonchev–Trinajstić information content (AvgIpc) is 1.83. The summed E-state index contributed by atoms with van der Waals surface area (Å²) >= 11 is 7.74. The van der Waals surface area contributed by atoms with Crippen LogP contribution in [-0.4, -0.2) is 19.1 Å². The molecule has 3 aromatic heterocycles. The minimum absolute atomic E-state index is 0.664. The van der Waals surface area contributed by atoms with Gasteiger partial charge in [0, 0.05) is 64.4 Å². The number of aromatic nitrogens is 4. The Balaban J connectivity index is 0.661. The number of nitrogens with zero attached hydrogens (tertiary/aromatic N) is 4. The van der Waals surface area contributed by atoms with Crippen molar-refractivity contribution in [1.82, 2.24) is 19.1 Å². The summed E-state index contributed by atoms with van der Waals surface area (Å²) in [7, 11) is 0. The van der Waals surface area contributed by atoms with E-state index in [0.717, 1.165) is 81.2 Å². The number of rotatable bonds is 9. The molecule has 0 unspecified atom stereocenters. The van der Waals surface area contributed by atoms with Crippen molar-refractivity contribution < 1.29 is 0 Å². The average molecular weight is 1250 g/mol. The van der Waals surface area contributed by atoms with Crippen LogP contribution < -0.4 is 0 Å². The molecule has 14 aromatic carbocycles. The van der Waals surface area contributed by atoms with Gasteiger partial charge in [0.25, 0.3) is 0 Å². The Morgan fingerprint density at radius 1 is 0.284 bits per heavy atom. The molecule has 412 valence electrons. The number of fused-ring (bicyclic) bond motifs is 12. The lowest BCUT2D eigenvalue weighted by molar-refractivity contribution is 1.18. The highest BCUT2D eigenvalue weighted by Gasteiger charge is 2.21. The van der Waals surface area contributed by atoms with Crippen molar-refractivity contribution in [2.75, 3.05) is 0 Å². The Hall–Kier alpha value is -10.5. The summed E-state index contributed by atoms with van der Waals surface area (Å²) in [6.07, 6.45) is 1.93. The van der Waals surface area contributed by atoms with Crippen molar-refractivity contribution in [1.29, 1.82) is 0 Å². The molecule has 0 aliphatic heterocycles. The Morgan fingerprint density at radius 2 is 0.761 bits per heavy atom. The molecule has 4 nitrogen and oxygen atoms in total. The Bertz CT molecular complexity index is 5630. The normalized spacial score (nSPS) is 11.8. The molecule has 3 heterocycles. The monoisotopic (exact) mass is 1250 g/mol. The second kappa shape index (κ2) is 21.2. The van der Waals surface area contributed by atoms with E-state index in [2.05, 4.69) is 338 Å². The van der Waals surface area contributed by atoms with Gasteiger partial charge < -0.3 is 9.13 Å². The van der Waals surface area contributed by atoms with Crippen molar-refractivity contribution >= 4 is 108 Å². The molecular formula is C82H50Br2N4. The van der Waals surface area contributed by atoms with Gasteiger partial charge in [0.05, 0.1) is 27.6 Å². The first-order valence-electron chi connectivity index (χ1n) is 29.6. The number of halogens is 2. The maximum atomic E-state index is 5.22. The second-order valence-electron chi connectivity index (χ2n) is 22.8. The maximum Gasteiger partial charge on any atom is 0.160 e. The molecule has 0 radical (unpaired) electrons. The Morgan fingerprint density at radius 3 is 1.45 bits per heavy atom. The largest absolute Gasteiger partial charge is 0.309 e. The number of benzene rings is 14. The predicted molar refractivity (Wildman–Crippen MR) is 377 cm³/mol. The van der Waals surface area contributed by atoms with Crippen LogP contribution in [0.3, 0.4) is 0 Å². The summed E-state index contributed by atoms with van der Waals surface area (Å²) in [5, 5.41) is 11.0. The zero-order valence-electron chi connectivity index (χ0n) is 47.4. The van der Waals surface area contributed by atoms with Gasteiger partial charge in [-0.25, -0.2) is 9.97 Å². The lowest BCUT2D eigenvalue weighted by Gasteiger charge is -2.12. The van der Waals surface area contributed by atoms with E-state index in [4.69, 9.17) is 9.97 Å². The summed E-state index contributed by atoms with van der Waals surface area (Å²) in [6.45, 7) is 0. The van der Waals surface area contributed by atoms with Crippen LogP contribution in [0.25, 0.3) is 166 Å². The molecule has 17 aromatic rings. The first kappa shape index (κ1) is 51.9. The quantitative estimate of drug-likeness (QED) is 0.135. The molecule has 0 atom stereocenters. The van der Waals surface area contributed by atoms with Gasteiger partial charge in [-0.3, -0.25) is 0 Å². The highest BCUT2D eigenvalue weighted by atomic mass is 79.9. The molecule has 0 spiro atoms. The van der Waals surface area contributed by atoms with Crippen molar-refractivity contribution in [3.05, 3.63) is 312 Å². The number of hydrogen-bond acceptors (Lipinski definition) is 2. The summed E-state index contributed by atoms with van der Waals surface area (Å²) in [5.41, 5.74) is 22.6. The minimum Gasteiger partial charge on any atom is -0.309 e. The zero-order chi connectivity index (χ0) is 58.4. The zero-order valence-corrected chi connectivity index (χ0v) is 50.6. The van der Waals surface area contributed by atoms with E-state index in [9.17, 15) is 0 Å². The fourth-order valence-electron chi connectivity index (χ4n) is 13.4. The molecule has 0 saturated heterocycles. The third-order valence-corrected chi connectivity index (χ3v) is 18.8. The van der Waals surface area contributed by atoms with Crippen molar-refractivity contribution in [3.63, 3.8) is 0 Å². The lowest BCUT2D eigenvalue weighted by Crippen LogP contribution is -1.95. The third-order valence-electron chi connectivity index (χ3n) is 17.7.